The molecule has 1 atom stereocenters. The summed E-state index contributed by atoms with van der Waals surface area (Å²) in [5, 5.41) is 2.91. The minimum atomic E-state index is -0.408. The molecule has 1 N–H and O–H groups in total. The first kappa shape index (κ1) is 18.5. The van der Waals surface area contributed by atoms with E-state index in [2.05, 4.69) is 21.2 Å². The zero-order valence-corrected chi connectivity index (χ0v) is 15.6. The molecule has 24 heavy (non-hydrogen) atoms. The van der Waals surface area contributed by atoms with Gasteiger partial charge in [-0.05, 0) is 29.8 Å². The zero-order valence-electron chi connectivity index (χ0n) is 13.2. The smallest absolute Gasteiger partial charge is 0.307 e. The van der Waals surface area contributed by atoms with Crippen LogP contribution in [0.25, 0.3) is 0 Å². The summed E-state index contributed by atoms with van der Waals surface area (Å²) < 4.78 is 5.67. The van der Waals surface area contributed by atoms with Crippen LogP contribution < -0.4 is 5.32 Å². The van der Waals surface area contributed by atoms with Crippen molar-refractivity contribution in [2.24, 2.45) is 0 Å². The first-order valence-corrected chi connectivity index (χ1v) is 9.16. The lowest BCUT2D eigenvalue weighted by Crippen LogP contribution is -2.31. The number of nitrogens with one attached hydrogen (secondary N) is 1. The number of esters is 1. The Hall–Kier alpha value is -1.79. The van der Waals surface area contributed by atoms with E-state index in [1.54, 1.807) is 0 Å². The van der Waals surface area contributed by atoms with Crippen LogP contribution in [-0.4, -0.2) is 24.7 Å². The second-order valence-electron chi connectivity index (χ2n) is 5.05. The predicted molar refractivity (Wildman–Crippen MR) is 98.8 cm³/mol. The van der Waals surface area contributed by atoms with Crippen LogP contribution in [0.15, 0.2) is 64.0 Å². The zero-order chi connectivity index (χ0) is 17.4. The highest BCUT2D eigenvalue weighted by molar-refractivity contribution is 9.10. The van der Waals surface area contributed by atoms with Crippen molar-refractivity contribution in [3.05, 3.63) is 64.6 Å². The van der Waals surface area contributed by atoms with Crippen molar-refractivity contribution >= 4 is 39.6 Å². The van der Waals surface area contributed by atoms with Gasteiger partial charge in [-0.1, -0.05) is 46.3 Å². The Bertz CT molecular complexity index is 676. The monoisotopic (exact) mass is 407 g/mol. The topological polar surface area (TPSA) is 55.4 Å². The number of carbonyl (C=O) groups excluding carboxylic acids is 2. The molecule has 0 bridgehead atoms. The van der Waals surface area contributed by atoms with Gasteiger partial charge in [-0.2, -0.15) is 0 Å². The molecule has 0 aliphatic carbocycles. The number of hydrogen-bond acceptors (Lipinski definition) is 4. The summed E-state index contributed by atoms with van der Waals surface area (Å²) in [5.41, 5.74) is 0.863. The van der Waals surface area contributed by atoms with Gasteiger partial charge in [-0.3, -0.25) is 9.59 Å². The van der Waals surface area contributed by atoms with Crippen molar-refractivity contribution in [2.45, 2.75) is 17.4 Å². The van der Waals surface area contributed by atoms with Crippen LogP contribution in [0, 0.1) is 0 Å². The Morgan fingerprint density at radius 3 is 2.42 bits per heavy atom. The lowest BCUT2D eigenvalue weighted by atomic mass is 10.0. The molecule has 4 nitrogen and oxygen atoms in total. The molecular weight excluding hydrogens is 390 g/mol. The largest absolute Gasteiger partial charge is 0.469 e. The van der Waals surface area contributed by atoms with Crippen LogP contribution in [0.2, 0.25) is 0 Å². The van der Waals surface area contributed by atoms with Gasteiger partial charge < -0.3 is 10.1 Å². The first-order chi connectivity index (χ1) is 11.6. The van der Waals surface area contributed by atoms with Gasteiger partial charge in [0.1, 0.15) is 0 Å². The molecule has 0 heterocycles. The second kappa shape index (κ2) is 9.49. The minimum Gasteiger partial charge on any atom is -0.469 e. The summed E-state index contributed by atoms with van der Waals surface area (Å²) in [6.07, 6.45) is 0.0971. The van der Waals surface area contributed by atoms with Gasteiger partial charge in [0.15, 0.2) is 0 Å². The Labute approximate surface area is 154 Å². The maximum Gasteiger partial charge on any atom is 0.307 e. The number of amides is 1. The SMILES string of the molecule is COC(=O)CC(NC(=O)CSc1ccccc1)c1ccc(Br)cc1. The molecule has 126 valence electrons. The molecule has 0 fully saturated rings. The number of thioether (sulfide) groups is 1. The third-order valence-corrected chi connectivity index (χ3v) is 4.86. The fraction of sp³-hybridized carbons (Fsp3) is 0.222. The van der Waals surface area contributed by atoms with E-state index in [9.17, 15) is 9.59 Å². The van der Waals surface area contributed by atoms with Crippen molar-refractivity contribution in [3.8, 4) is 0 Å². The van der Waals surface area contributed by atoms with Crippen LogP contribution in [-0.2, 0) is 14.3 Å². The summed E-state index contributed by atoms with van der Waals surface area (Å²) in [7, 11) is 1.34. The second-order valence-corrected chi connectivity index (χ2v) is 7.02. The maximum atomic E-state index is 12.2. The number of methoxy groups -OCH3 is 1. The van der Waals surface area contributed by atoms with E-state index in [0.717, 1.165) is 14.9 Å². The predicted octanol–water partition coefficient (Wildman–Crippen LogP) is 3.96. The Morgan fingerprint density at radius 2 is 1.79 bits per heavy atom. The molecule has 0 saturated heterocycles. The number of ether oxygens (including phenoxy) is 1. The molecular formula is C18H18BrNO3S. The highest BCUT2D eigenvalue weighted by Crippen LogP contribution is 2.21. The molecule has 1 unspecified atom stereocenters. The molecule has 0 aromatic heterocycles. The van der Waals surface area contributed by atoms with Crippen molar-refractivity contribution < 1.29 is 14.3 Å². The molecule has 2 aromatic carbocycles. The first-order valence-electron chi connectivity index (χ1n) is 7.38. The van der Waals surface area contributed by atoms with Crippen LogP contribution in [0.5, 0.6) is 0 Å². The minimum absolute atomic E-state index is 0.0971. The van der Waals surface area contributed by atoms with E-state index in [4.69, 9.17) is 4.74 Å². The third kappa shape index (κ3) is 6.02. The van der Waals surface area contributed by atoms with E-state index in [1.165, 1.54) is 18.9 Å². The summed E-state index contributed by atoms with van der Waals surface area (Å²) in [5.74, 6) is -0.197. The van der Waals surface area contributed by atoms with Crippen molar-refractivity contribution in [2.75, 3.05) is 12.9 Å². The summed E-state index contributed by atoms with van der Waals surface area (Å²) in [4.78, 5) is 24.9. The van der Waals surface area contributed by atoms with E-state index >= 15 is 0 Å². The molecule has 0 radical (unpaired) electrons. The van der Waals surface area contributed by atoms with Gasteiger partial charge in [0.25, 0.3) is 0 Å². The highest BCUT2D eigenvalue weighted by Gasteiger charge is 2.19. The van der Waals surface area contributed by atoms with E-state index in [0.29, 0.717) is 0 Å². The van der Waals surface area contributed by atoms with Gasteiger partial charge in [-0.15, -0.1) is 11.8 Å². The van der Waals surface area contributed by atoms with Gasteiger partial charge in [0.2, 0.25) is 5.91 Å². The van der Waals surface area contributed by atoms with E-state index in [1.807, 2.05) is 54.6 Å². The molecule has 0 spiro atoms. The molecule has 0 aliphatic rings. The van der Waals surface area contributed by atoms with Gasteiger partial charge in [0.05, 0.1) is 25.3 Å². The molecule has 6 heteroatoms. The molecule has 1 amide bonds. The van der Waals surface area contributed by atoms with E-state index in [-0.39, 0.29) is 24.1 Å². The highest BCUT2D eigenvalue weighted by atomic mass is 79.9. The molecule has 2 aromatic rings. The van der Waals surface area contributed by atoms with Crippen LogP contribution in [0.1, 0.15) is 18.0 Å². The summed E-state index contributed by atoms with van der Waals surface area (Å²) >= 11 is 4.84. The molecule has 0 aliphatic heterocycles. The van der Waals surface area contributed by atoms with E-state index < -0.39 is 6.04 Å². The van der Waals surface area contributed by atoms with Crippen LogP contribution in [0.3, 0.4) is 0 Å². The fourth-order valence-electron chi connectivity index (χ4n) is 2.10. The maximum absolute atomic E-state index is 12.2. The third-order valence-electron chi connectivity index (χ3n) is 3.32. The standard InChI is InChI=1S/C18H18BrNO3S/c1-23-18(22)11-16(13-7-9-14(19)10-8-13)20-17(21)12-24-15-5-3-2-4-6-15/h2-10,16H,11-12H2,1H3,(H,20,21). The van der Waals surface area contributed by atoms with Crippen LogP contribution >= 0.6 is 27.7 Å². The van der Waals surface area contributed by atoms with Gasteiger partial charge in [0, 0.05) is 9.37 Å². The average molecular weight is 408 g/mol. The lowest BCUT2D eigenvalue weighted by molar-refractivity contribution is -0.141. The van der Waals surface area contributed by atoms with Crippen molar-refractivity contribution in [1.29, 1.82) is 0 Å². The molecule has 0 saturated carbocycles. The van der Waals surface area contributed by atoms with Crippen molar-refractivity contribution in [3.63, 3.8) is 0 Å². The van der Waals surface area contributed by atoms with Crippen LogP contribution in [0.4, 0.5) is 0 Å². The Kier molecular flexibility index (Phi) is 7.34. The Morgan fingerprint density at radius 1 is 1.12 bits per heavy atom. The number of halogens is 1. The lowest BCUT2D eigenvalue weighted by Gasteiger charge is -2.18. The normalized spacial score (nSPS) is 11.6. The quantitative estimate of drug-likeness (QED) is 0.557. The van der Waals surface area contributed by atoms with Gasteiger partial charge >= 0.3 is 5.97 Å². The van der Waals surface area contributed by atoms with Gasteiger partial charge in [-0.25, -0.2) is 0 Å². The number of hydrogen-bond donors (Lipinski definition) is 1. The fourth-order valence-corrected chi connectivity index (χ4v) is 3.09. The van der Waals surface area contributed by atoms with Crippen molar-refractivity contribution in [1.82, 2.24) is 5.32 Å². The average Bonchev–Trinajstić information content (AvgIpc) is 2.61. The molecule has 2 rings (SSSR count). The number of benzene rings is 2. The summed E-state index contributed by atoms with van der Waals surface area (Å²) in [6.45, 7) is 0. The number of rotatable bonds is 7. The Balaban J connectivity index is 2.00. The number of carbonyl (C=O) groups is 2. The summed E-state index contributed by atoms with van der Waals surface area (Å²) in [6, 6.07) is 16.8.